The predicted molar refractivity (Wildman–Crippen MR) is 126 cm³/mol. The Morgan fingerprint density at radius 1 is 1.12 bits per heavy atom. The number of hydrogen-bond acceptors (Lipinski definition) is 7. The maximum Gasteiger partial charge on any atom is 0.222 e. The van der Waals surface area contributed by atoms with E-state index in [-0.39, 0.29) is 28.9 Å². The summed E-state index contributed by atoms with van der Waals surface area (Å²) in [6.45, 7) is 3.76. The Balaban J connectivity index is 2.11. The number of aliphatic imine (C=N–C) groups is 2. The topological polar surface area (TPSA) is 119 Å². The molecule has 0 fully saturated rings. The van der Waals surface area contributed by atoms with Gasteiger partial charge in [0.1, 0.15) is 28.8 Å². The zero-order valence-corrected chi connectivity index (χ0v) is 19.1. The first-order chi connectivity index (χ1) is 15.2. The van der Waals surface area contributed by atoms with Crippen LogP contribution in [0.25, 0.3) is 0 Å². The molecule has 0 saturated heterocycles. The molecule has 0 bridgehead atoms. The van der Waals surface area contributed by atoms with Crippen LogP contribution >= 0.6 is 0 Å². The lowest BCUT2D eigenvalue weighted by Gasteiger charge is -2.18. The molecular weight excluding hydrogens is 410 g/mol. The summed E-state index contributed by atoms with van der Waals surface area (Å²) in [6.07, 6.45) is 0.543. The van der Waals surface area contributed by atoms with E-state index in [1.54, 1.807) is 30.1 Å². The zero-order chi connectivity index (χ0) is 23.6. The van der Waals surface area contributed by atoms with Gasteiger partial charge in [-0.05, 0) is 37.6 Å². The second-order valence-electron chi connectivity index (χ2n) is 7.52. The van der Waals surface area contributed by atoms with Gasteiger partial charge in [-0.3, -0.25) is 9.56 Å². The van der Waals surface area contributed by atoms with Crippen LogP contribution in [0.1, 0.15) is 30.4 Å². The summed E-state index contributed by atoms with van der Waals surface area (Å²) in [5.41, 5.74) is 1.75. The van der Waals surface area contributed by atoms with Gasteiger partial charge >= 0.3 is 0 Å². The van der Waals surface area contributed by atoms with Crippen molar-refractivity contribution in [3.8, 4) is 17.5 Å². The van der Waals surface area contributed by atoms with E-state index in [1.807, 2.05) is 40.1 Å². The van der Waals surface area contributed by atoms with Crippen molar-refractivity contribution in [2.24, 2.45) is 17.0 Å². The summed E-state index contributed by atoms with van der Waals surface area (Å²) in [4.78, 5) is 10.6. The highest BCUT2D eigenvalue weighted by Crippen LogP contribution is 2.47. The Labute approximate surface area is 187 Å². The number of furan rings is 1. The molecule has 2 heterocycles. The zero-order valence-electron chi connectivity index (χ0n) is 19.1. The van der Waals surface area contributed by atoms with Gasteiger partial charge in [0.2, 0.25) is 11.8 Å². The highest BCUT2D eigenvalue weighted by molar-refractivity contribution is 6.04. The molecule has 0 aliphatic carbocycles. The maximum atomic E-state index is 10.9. The second kappa shape index (κ2) is 9.09. The number of para-hydroxylation sites is 1. The van der Waals surface area contributed by atoms with Crippen LogP contribution in [0, 0.1) is 6.92 Å². The van der Waals surface area contributed by atoms with E-state index in [0.29, 0.717) is 35.0 Å². The molecule has 3 rings (SSSR count). The van der Waals surface area contributed by atoms with Crippen LogP contribution in [-0.4, -0.2) is 57.5 Å². The van der Waals surface area contributed by atoms with Gasteiger partial charge < -0.3 is 30.0 Å². The van der Waals surface area contributed by atoms with Crippen LogP contribution in [-0.2, 0) is 7.05 Å². The van der Waals surface area contributed by atoms with E-state index in [2.05, 4.69) is 15.3 Å². The lowest BCUT2D eigenvalue weighted by Crippen LogP contribution is -2.23. The summed E-state index contributed by atoms with van der Waals surface area (Å²) in [5.74, 6) is 1.42. The Hall–Kier alpha value is -3.88. The molecular formula is C23H29N5O4. The quantitative estimate of drug-likeness (QED) is 0.259. The van der Waals surface area contributed by atoms with Crippen LogP contribution in [0.2, 0.25) is 0 Å². The van der Waals surface area contributed by atoms with Gasteiger partial charge in [0, 0.05) is 28.2 Å². The second-order valence-corrected chi connectivity index (χ2v) is 7.52. The number of aromatic hydroxyl groups is 3. The predicted octanol–water partition coefficient (Wildman–Crippen LogP) is 4.26. The van der Waals surface area contributed by atoms with Gasteiger partial charge in [-0.15, -0.1) is 0 Å². The van der Waals surface area contributed by atoms with E-state index >= 15 is 0 Å². The number of nitrogens with zero attached hydrogens (tertiary/aromatic N) is 4. The van der Waals surface area contributed by atoms with E-state index in [9.17, 15) is 15.3 Å². The van der Waals surface area contributed by atoms with E-state index in [4.69, 9.17) is 4.42 Å². The molecule has 9 heteroatoms. The van der Waals surface area contributed by atoms with Crippen molar-refractivity contribution < 1.29 is 19.7 Å². The van der Waals surface area contributed by atoms with Crippen molar-refractivity contribution in [3.05, 3.63) is 47.4 Å². The number of phenolic OH excluding ortho intramolecular Hbond substituents is 1. The van der Waals surface area contributed by atoms with E-state index < -0.39 is 0 Å². The number of benzene rings is 1. The fraction of sp³-hybridized carbons (Fsp3) is 0.304. The number of aromatic nitrogens is 1. The molecule has 0 atom stereocenters. The fourth-order valence-electron chi connectivity index (χ4n) is 3.42. The number of amidine groups is 1. The van der Waals surface area contributed by atoms with E-state index in [0.717, 1.165) is 5.76 Å². The Morgan fingerprint density at radius 2 is 1.84 bits per heavy atom. The third-order valence-electron chi connectivity index (χ3n) is 5.09. The first-order valence-corrected chi connectivity index (χ1v) is 10.2. The van der Waals surface area contributed by atoms with Crippen LogP contribution in [0.3, 0.4) is 0 Å². The Morgan fingerprint density at radius 3 is 2.41 bits per heavy atom. The number of rotatable bonds is 6. The van der Waals surface area contributed by atoms with Crippen molar-refractivity contribution in [3.63, 3.8) is 0 Å². The molecule has 4 N–H and O–H groups in total. The molecule has 0 amide bonds. The van der Waals surface area contributed by atoms with Crippen molar-refractivity contribution in [1.29, 1.82) is 0 Å². The van der Waals surface area contributed by atoms with Crippen molar-refractivity contribution in [1.82, 2.24) is 9.47 Å². The minimum atomic E-state index is -0.228. The standard InChI is InChI=1S/C23H29N5O4/c1-7-15(17-12-11-13(2)32-17)25-18-19(23(31)28(6)22(18)30)26-16-10-8-9-14(20(16)29)21(24-3)27(4)5/h8-12,26,29-31H,7H2,1-6H3. The largest absolute Gasteiger partial charge is 0.505 e. The molecule has 170 valence electrons. The molecule has 1 aromatic carbocycles. The first-order valence-electron chi connectivity index (χ1n) is 10.2. The SMILES string of the molecule is CCC(=Nc1c(Nc2cccc(C(=NC)N(C)C)c2O)c(O)n(C)c1O)c1ccc(C)o1. The summed E-state index contributed by atoms with van der Waals surface area (Å²) >= 11 is 0. The number of aryl methyl sites for hydroxylation is 1. The van der Waals surface area contributed by atoms with Gasteiger partial charge in [0.15, 0.2) is 5.69 Å². The third kappa shape index (κ3) is 4.14. The summed E-state index contributed by atoms with van der Waals surface area (Å²) in [6, 6.07) is 8.82. The lowest BCUT2D eigenvalue weighted by atomic mass is 10.1. The van der Waals surface area contributed by atoms with Gasteiger partial charge in [-0.2, -0.15) is 0 Å². The number of nitrogens with one attached hydrogen (secondary N) is 1. The molecule has 0 aliphatic rings. The average Bonchev–Trinajstić information content (AvgIpc) is 3.27. The van der Waals surface area contributed by atoms with Crippen molar-refractivity contribution >= 4 is 28.6 Å². The highest BCUT2D eigenvalue weighted by Gasteiger charge is 2.23. The molecule has 0 radical (unpaired) electrons. The van der Waals surface area contributed by atoms with Gasteiger partial charge in [0.05, 0.1) is 17.0 Å². The van der Waals surface area contributed by atoms with Gasteiger partial charge in [-0.25, -0.2) is 4.99 Å². The van der Waals surface area contributed by atoms with E-state index in [1.165, 1.54) is 11.6 Å². The van der Waals surface area contributed by atoms with Crippen LogP contribution in [0.5, 0.6) is 17.5 Å². The third-order valence-corrected chi connectivity index (χ3v) is 5.09. The van der Waals surface area contributed by atoms with Crippen LogP contribution < -0.4 is 5.32 Å². The molecule has 2 aromatic heterocycles. The van der Waals surface area contributed by atoms with Gasteiger partial charge in [-0.1, -0.05) is 13.0 Å². The maximum absolute atomic E-state index is 10.9. The smallest absolute Gasteiger partial charge is 0.222 e. The molecule has 0 aliphatic heterocycles. The average molecular weight is 440 g/mol. The summed E-state index contributed by atoms with van der Waals surface area (Å²) in [5, 5.41) is 35.2. The molecule has 0 spiro atoms. The normalized spacial score (nSPS) is 12.3. The van der Waals surface area contributed by atoms with Gasteiger partial charge in [0.25, 0.3) is 0 Å². The van der Waals surface area contributed by atoms with Crippen LogP contribution in [0.15, 0.2) is 44.7 Å². The Bertz CT molecular complexity index is 1190. The van der Waals surface area contributed by atoms with Crippen LogP contribution in [0.4, 0.5) is 17.1 Å². The molecule has 9 nitrogen and oxygen atoms in total. The number of anilines is 2. The van der Waals surface area contributed by atoms with Crippen molar-refractivity contribution in [2.75, 3.05) is 26.5 Å². The fourth-order valence-corrected chi connectivity index (χ4v) is 3.42. The summed E-state index contributed by atoms with van der Waals surface area (Å²) < 4.78 is 6.89. The highest BCUT2D eigenvalue weighted by atomic mass is 16.3. The lowest BCUT2D eigenvalue weighted by molar-refractivity contribution is 0.388. The number of phenols is 1. The molecule has 32 heavy (non-hydrogen) atoms. The molecule has 3 aromatic rings. The molecule has 0 saturated carbocycles. The van der Waals surface area contributed by atoms with Crippen molar-refractivity contribution in [2.45, 2.75) is 20.3 Å². The molecule has 0 unspecified atom stereocenters. The Kier molecular flexibility index (Phi) is 6.47. The monoisotopic (exact) mass is 439 g/mol. The minimum Gasteiger partial charge on any atom is -0.505 e. The number of hydrogen-bond donors (Lipinski definition) is 4. The first kappa shape index (κ1) is 22.8. The minimum absolute atomic E-state index is 0.0446. The summed E-state index contributed by atoms with van der Waals surface area (Å²) in [7, 11) is 6.82.